The Morgan fingerprint density at radius 1 is 1.08 bits per heavy atom. The Kier molecular flexibility index (Phi) is 5.50. The van der Waals surface area contributed by atoms with Crippen LogP contribution in [0.25, 0.3) is 0 Å². The molecule has 0 unspecified atom stereocenters. The molecule has 3 rings (SSSR count). The highest BCUT2D eigenvalue weighted by molar-refractivity contribution is 14.1. The lowest BCUT2D eigenvalue weighted by atomic mass is 10.2. The summed E-state index contributed by atoms with van der Waals surface area (Å²) >= 11 is 2.21. The number of hydrogen-bond acceptors (Lipinski definition) is 2. The van der Waals surface area contributed by atoms with Gasteiger partial charge in [0, 0.05) is 34.3 Å². The average molecular weight is 434 g/mol. The van der Waals surface area contributed by atoms with E-state index >= 15 is 0 Å². The summed E-state index contributed by atoms with van der Waals surface area (Å²) < 4.78 is 1.10. The molecule has 5 heteroatoms. The van der Waals surface area contributed by atoms with E-state index in [0.29, 0.717) is 24.9 Å². The number of rotatable bonds is 5. The first-order valence-corrected chi connectivity index (χ1v) is 9.15. The molecular formula is C19H19IN2O2. The zero-order chi connectivity index (χ0) is 16.9. The molecule has 0 bridgehead atoms. The molecule has 0 atom stereocenters. The number of halogens is 1. The number of carbonyl (C=O) groups is 2. The van der Waals surface area contributed by atoms with Gasteiger partial charge in [0.05, 0.1) is 0 Å². The predicted octanol–water partition coefficient (Wildman–Crippen LogP) is 3.39. The zero-order valence-corrected chi connectivity index (χ0v) is 15.5. The number of para-hydroxylation sites is 1. The van der Waals surface area contributed by atoms with Crippen molar-refractivity contribution in [3.8, 4) is 0 Å². The van der Waals surface area contributed by atoms with Crippen LogP contribution in [0, 0.1) is 3.57 Å². The number of carbonyl (C=O) groups excluding carboxylic acids is 2. The molecule has 0 radical (unpaired) electrons. The molecule has 0 saturated heterocycles. The summed E-state index contributed by atoms with van der Waals surface area (Å²) in [4.78, 5) is 26.2. The highest BCUT2D eigenvalue weighted by Gasteiger charge is 2.23. The first-order valence-electron chi connectivity index (χ1n) is 8.07. The van der Waals surface area contributed by atoms with Crippen molar-refractivity contribution in [2.24, 2.45) is 0 Å². The Hall–Kier alpha value is -1.89. The van der Waals surface area contributed by atoms with Crippen molar-refractivity contribution in [1.82, 2.24) is 5.32 Å². The fourth-order valence-corrected chi connectivity index (χ4v) is 3.24. The molecule has 1 aliphatic heterocycles. The molecular weight excluding hydrogens is 415 g/mol. The summed E-state index contributed by atoms with van der Waals surface area (Å²) in [6, 6.07) is 15.5. The lowest BCUT2D eigenvalue weighted by molar-refractivity contribution is -0.118. The lowest BCUT2D eigenvalue weighted by Gasteiger charge is -2.17. The molecule has 24 heavy (non-hydrogen) atoms. The van der Waals surface area contributed by atoms with Crippen molar-refractivity contribution in [3.63, 3.8) is 0 Å². The summed E-state index contributed by atoms with van der Waals surface area (Å²) in [6.07, 6.45) is 2.01. The molecule has 0 fully saturated rings. The second-order valence-corrected chi connectivity index (χ2v) is 7.04. The van der Waals surface area contributed by atoms with Gasteiger partial charge >= 0.3 is 0 Å². The summed E-state index contributed by atoms with van der Waals surface area (Å²) in [5.74, 6) is 0.0360. The van der Waals surface area contributed by atoms with Gasteiger partial charge in [-0.05, 0) is 71.3 Å². The van der Waals surface area contributed by atoms with E-state index in [1.807, 2.05) is 47.4 Å². The number of nitrogens with zero attached hydrogens (tertiary/aromatic N) is 1. The standard InChI is InChI=1S/C19H19IN2O2/c20-16-9-7-15(8-10-16)19(24)21-12-3-6-18(23)22-13-11-14-4-1-2-5-17(14)22/h1-2,4-5,7-10H,3,6,11-13H2,(H,21,24). The molecule has 1 heterocycles. The minimum absolute atomic E-state index is 0.0923. The maximum atomic E-state index is 12.4. The molecule has 1 N–H and O–H groups in total. The summed E-state index contributed by atoms with van der Waals surface area (Å²) in [7, 11) is 0. The van der Waals surface area contributed by atoms with E-state index < -0.39 is 0 Å². The van der Waals surface area contributed by atoms with Gasteiger partial charge in [-0.25, -0.2) is 0 Å². The van der Waals surface area contributed by atoms with Crippen LogP contribution in [0.3, 0.4) is 0 Å². The van der Waals surface area contributed by atoms with E-state index in [-0.39, 0.29) is 11.8 Å². The Bertz CT molecular complexity index is 743. The van der Waals surface area contributed by atoms with Crippen LogP contribution >= 0.6 is 22.6 Å². The quantitative estimate of drug-likeness (QED) is 0.580. The van der Waals surface area contributed by atoms with Crippen molar-refractivity contribution in [3.05, 3.63) is 63.2 Å². The molecule has 1 aliphatic rings. The molecule has 0 aromatic heterocycles. The van der Waals surface area contributed by atoms with Gasteiger partial charge < -0.3 is 10.2 Å². The molecule has 0 saturated carbocycles. The van der Waals surface area contributed by atoms with Crippen LogP contribution in [0.5, 0.6) is 0 Å². The van der Waals surface area contributed by atoms with Gasteiger partial charge in [-0.15, -0.1) is 0 Å². The predicted molar refractivity (Wildman–Crippen MR) is 103 cm³/mol. The van der Waals surface area contributed by atoms with E-state index in [2.05, 4.69) is 34.0 Å². The smallest absolute Gasteiger partial charge is 0.251 e. The maximum absolute atomic E-state index is 12.4. The third kappa shape index (κ3) is 3.95. The van der Waals surface area contributed by atoms with Gasteiger partial charge in [-0.2, -0.15) is 0 Å². The Labute approximate surface area is 155 Å². The van der Waals surface area contributed by atoms with Crippen LogP contribution in [-0.4, -0.2) is 24.9 Å². The SMILES string of the molecule is O=C(NCCCC(=O)N1CCc2ccccc21)c1ccc(I)cc1. The molecule has 2 aromatic rings. The molecule has 124 valence electrons. The van der Waals surface area contributed by atoms with Gasteiger partial charge in [0.15, 0.2) is 0 Å². The van der Waals surface area contributed by atoms with E-state index in [0.717, 1.165) is 22.2 Å². The summed E-state index contributed by atoms with van der Waals surface area (Å²) in [5, 5.41) is 2.87. The van der Waals surface area contributed by atoms with Crippen molar-refractivity contribution in [1.29, 1.82) is 0 Å². The van der Waals surface area contributed by atoms with Crippen LogP contribution in [0.4, 0.5) is 5.69 Å². The van der Waals surface area contributed by atoms with Crippen molar-refractivity contribution in [2.45, 2.75) is 19.3 Å². The molecule has 2 amide bonds. The average Bonchev–Trinajstić information content (AvgIpc) is 3.03. The third-order valence-electron chi connectivity index (χ3n) is 4.15. The van der Waals surface area contributed by atoms with Crippen LogP contribution in [0.2, 0.25) is 0 Å². The summed E-state index contributed by atoms with van der Waals surface area (Å²) in [5.41, 5.74) is 2.92. The Morgan fingerprint density at radius 3 is 2.62 bits per heavy atom. The van der Waals surface area contributed by atoms with E-state index in [1.165, 1.54) is 5.56 Å². The van der Waals surface area contributed by atoms with E-state index in [1.54, 1.807) is 0 Å². The van der Waals surface area contributed by atoms with Gasteiger partial charge in [0.1, 0.15) is 0 Å². The van der Waals surface area contributed by atoms with Crippen LogP contribution < -0.4 is 10.2 Å². The number of anilines is 1. The van der Waals surface area contributed by atoms with E-state index in [9.17, 15) is 9.59 Å². The monoisotopic (exact) mass is 434 g/mol. The maximum Gasteiger partial charge on any atom is 0.251 e. The van der Waals surface area contributed by atoms with Crippen LogP contribution in [0.15, 0.2) is 48.5 Å². The molecule has 4 nitrogen and oxygen atoms in total. The number of amides is 2. The van der Waals surface area contributed by atoms with Gasteiger partial charge in [-0.1, -0.05) is 18.2 Å². The van der Waals surface area contributed by atoms with Crippen molar-refractivity contribution >= 4 is 40.1 Å². The number of benzene rings is 2. The lowest BCUT2D eigenvalue weighted by Crippen LogP contribution is -2.30. The highest BCUT2D eigenvalue weighted by atomic mass is 127. The number of fused-ring (bicyclic) bond motifs is 1. The number of nitrogens with one attached hydrogen (secondary N) is 1. The van der Waals surface area contributed by atoms with Gasteiger partial charge in [0.2, 0.25) is 5.91 Å². The third-order valence-corrected chi connectivity index (χ3v) is 4.87. The Morgan fingerprint density at radius 2 is 1.83 bits per heavy atom. The van der Waals surface area contributed by atoms with Gasteiger partial charge in [-0.3, -0.25) is 9.59 Å². The fraction of sp³-hybridized carbons (Fsp3) is 0.263. The minimum Gasteiger partial charge on any atom is -0.352 e. The van der Waals surface area contributed by atoms with Crippen molar-refractivity contribution < 1.29 is 9.59 Å². The molecule has 0 aliphatic carbocycles. The Balaban J connectivity index is 1.45. The second-order valence-electron chi connectivity index (χ2n) is 5.79. The highest BCUT2D eigenvalue weighted by Crippen LogP contribution is 2.27. The summed E-state index contributed by atoms with van der Waals surface area (Å²) in [6.45, 7) is 1.26. The topological polar surface area (TPSA) is 49.4 Å². The zero-order valence-electron chi connectivity index (χ0n) is 13.3. The number of hydrogen-bond donors (Lipinski definition) is 1. The first-order chi connectivity index (χ1) is 11.6. The van der Waals surface area contributed by atoms with Crippen LogP contribution in [-0.2, 0) is 11.2 Å². The van der Waals surface area contributed by atoms with Gasteiger partial charge in [0.25, 0.3) is 5.91 Å². The molecule has 0 spiro atoms. The fourth-order valence-electron chi connectivity index (χ4n) is 2.88. The molecule has 2 aromatic carbocycles. The largest absolute Gasteiger partial charge is 0.352 e. The van der Waals surface area contributed by atoms with E-state index in [4.69, 9.17) is 0 Å². The van der Waals surface area contributed by atoms with Crippen LogP contribution in [0.1, 0.15) is 28.8 Å². The normalized spacial score (nSPS) is 12.8. The first kappa shape index (κ1) is 17.0. The second kappa shape index (κ2) is 7.79. The van der Waals surface area contributed by atoms with Crippen molar-refractivity contribution in [2.75, 3.05) is 18.0 Å². The minimum atomic E-state index is -0.0923.